The minimum atomic E-state index is 0.825. The molecule has 0 fully saturated rings. The van der Waals surface area contributed by atoms with Crippen LogP contribution in [0.1, 0.15) is 11.1 Å². The Bertz CT molecular complexity index is 540. The van der Waals surface area contributed by atoms with Crippen LogP contribution in [0.15, 0.2) is 36.4 Å². The smallest absolute Gasteiger partial charge is 0.0345 e. The second kappa shape index (κ2) is 6.19. The Balaban J connectivity index is 1.81. The lowest BCUT2D eigenvalue weighted by Gasteiger charge is -2.11. The van der Waals surface area contributed by atoms with Crippen LogP contribution in [-0.4, -0.2) is 13.1 Å². The molecule has 0 amide bonds. The maximum atomic E-state index is 5.80. The monoisotopic (exact) mass is 270 g/mol. The minimum absolute atomic E-state index is 0.825. The normalized spacial score (nSPS) is 10.3. The van der Waals surface area contributed by atoms with Gasteiger partial charge in [0.05, 0.1) is 0 Å². The molecule has 4 heteroatoms. The molecule has 0 aliphatic rings. The number of aryl methyl sites for hydroxylation is 2. The molecule has 0 atom stereocenters. The molecule has 2 aromatic carbocycles. The van der Waals surface area contributed by atoms with Crippen LogP contribution in [-0.2, 0) is 0 Å². The van der Waals surface area contributed by atoms with Crippen LogP contribution < -0.4 is 22.1 Å². The second-order valence-electron chi connectivity index (χ2n) is 5.00. The zero-order valence-corrected chi connectivity index (χ0v) is 12.0. The Morgan fingerprint density at radius 3 is 1.50 bits per heavy atom. The quantitative estimate of drug-likeness (QED) is 0.497. The summed E-state index contributed by atoms with van der Waals surface area (Å²) in [4.78, 5) is 0. The third-order valence-corrected chi connectivity index (χ3v) is 3.32. The summed E-state index contributed by atoms with van der Waals surface area (Å²) in [7, 11) is 0. The van der Waals surface area contributed by atoms with Crippen molar-refractivity contribution >= 4 is 22.7 Å². The molecular formula is C16H22N4. The van der Waals surface area contributed by atoms with E-state index >= 15 is 0 Å². The van der Waals surface area contributed by atoms with E-state index in [0.29, 0.717) is 0 Å². The van der Waals surface area contributed by atoms with Gasteiger partial charge in [0.1, 0.15) is 0 Å². The summed E-state index contributed by atoms with van der Waals surface area (Å²) in [6, 6.07) is 12.0. The van der Waals surface area contributed by atoms with Gasteiger partial charge in [-0.2, -0.15) is 0 Å². The van der Waals surface area contributed by atoms with Gasteiger partial charge in [-0.15, -0.1) is 0 Å². The van der Waals surface area contributed by atoms with E-state index in [9.17, 15) is 0 Å². The van der Waals surface area contributed by atoms with Gasteiger partial charge in [-0.1, -0.05) is 0 Å². The summed E-state index contributed by atoms with van der Waals surface area (Å²) < 4.78 is 0. The average molecular weight is 270 g/mol. The number of hydrogen-bond donors (Lipinski definition) is 4. The molecule has 2 rings (SSSR count). The Kier molecular flexibility index (Phi) is 4.35. The highest BCUT2D eigenvalue weighted by atomic mass is 14.9. The topological polar surface area (TPSA) is 76.1 Å². The number of nitrogens with two attached hydrogens (primary N) is 2. The molecule has 0 aliphatic heterocycles. The average Bonchev–Trinajstić information content (AvgIpc) is 2.42. The third-order valence-electron chi connectivity index (χ3n) is 3.32. The van der Waals surface area contributed by atoms with Crippen molar-refractivity contribution in [2.45, 2.75) is 13.8 Å². The van der Waals surface area contributed by atoms with E-state index in [0.717, 1.165) is 47.0 Å². The Hall–Kier alpha value is -2.36. The van der Waals surface area contributed by atoms with Crippen LogP contribution >= 0.6 is 0 Å². The number of anilines is 4. The van der Waals surface area contributed by atoms with E-state index in [1.165, 1.54) is 0 Å². The van der Waals surface area contributed by atoms with Crippen molar-refractivity contribution in [3.8, 4) is 0 Å². The van der Waals surface area contributed by atoms with Gasteiger partial charge < -0.3 is 22.1 Å². The second-order valence-corrected chi connectivity index (χ2v) is 5.00. The fourth-order valence-electron chi connectivity index (χ4n) is 1.98. The summed E-state index contributed by atoms with van der Waals surface area (Å²) in [6.07, 6.45) is 0. The molecule has 0 heterocycles. The lowest BCUT2D eigenvalue weighted by Crippen LogP contribution is -2.13. The van der Waals surface area contributed by atoms with E-state index in [1.54, 1.807) is 0 Å². The summed E-state index contributed by atoms with van der Waals surface area (Å²) in [5.74, 6) is 0. The van der Waals surface area contributed by atoms with E-state index in [4.69, 9.17) is 11.5 Å². The fourth-order valence-corrected chi connectivity index (χ4v) is 1.98. The molecule has 0 saturated carbocycles. The first-order valence-corrected chi connectivity index (χ1v) is 6.76. The molecule has 6 N–H and O–H groups in total. The van der Waals surface area contributed by atoms with Crippen molar-refractivity contribution < 1.29 is 0 Å². The zero-order valence-electron chi connectivity index (χ0n) is 12.0. The van der Waals surface area contributed by atoms with Crippen molar-refractivity contribution in [3.63, 3.8) is 0 Å². The summed E-state index contributed by atoms with van der Waals surface area (Å²) in [5, 5.41) is 6.73. The van der Waals surface area contributed by atoms with Crippen LogP contribution in [0.5, 0.6) is 0 Å². The lowest BCUT2D eigenvalue weighted by atomic mass is 10.2. The van der Waals surface area contributed by atoms with Crippen molar-refractivity contribution in [3.05, 3.63) is 47.5 Å². The molecule has 0 radical (unpaired) electrons. The van der Waals surface area contributed by atoms with Crippen molar-refractivity contribution in [1.82, 2.24) is 0 Å². The molecular weight excluding hydrogens is 248 g/mol. The summed E-state index contributed by atoms with van der Waals surface area (Å²) in [5.41, 5.74) is 17.6. The van der Waals surface area contributed by atoms with Crippen LogP contribution in [0, 0.1) is 13.8 Å². The standard InChI is InChI=1S/C16H22N4/c1-11-9-13(3-5-15(11)17)19-7-8-20-14-4-6-16(18)12(2)10-14/h3-6,9-10,19-20H,7-8,17-18H2,1-2H3. The van der Waals surface area contributed by atoms with Gasteiger partial charge in [0.25, 0.3) is 0 Å². The van der Waals surface area contributed by atoms with Crippen molar-refractivity contribution in [1.29, 1.82) is 0 Å². The molecule has 0 bridgehead atoms. The van der Waals surface area contributed by atoms with Gasteiger partial charge in [0, 0.05) is 35.8 Å². The molecule has 0 spiro atoms. The van der Waals surface area contributed by atoms with Gasteiger partial charge >= 0.3 is 0 Å². The van der Waals surface area contributed by atoms with Crippen LogP contribution in [0.25, 0.3) is 0 Å². The molecule has 4 nitrogen and oxygen atoms in total. The number of hydrogen-bond acceptors (Lipinski definition) is 4. The molecule has 0 saturated heterocycles. The van der Waals surface area contributed by atoms with E-state index in [1.807, 2.05) is 38.1 Å². The molecule has 0 unspecified atom stereocenters. The van der Waals surface area contributed by atoms with Crippen molar-refractivity contribution in [2.75, 3.05) is 35.2 Å². The predicted octanol–water partition coefficient (Wildman–Crippen LogP) is 2.99. The summed E-state index contributed by atoms with van der Waals surface area (Å²) >= 11 is 0. The number of benzene rings is 2. The van der Waals surface area contributed by atoms with Gasteiger partial charge in [-0.25, -0.2) is 0 Å². The fraction of sp³-hybridized carbons (Fsp3) is 0.250. The van der Waals surface area contributed by atoms with E-state index in [2.05, 4.69) is 22.8 Å². The maximum Gasteiger partial charge on any atom is 0.0345 e. The number of nitrogens with one attached hydrogen (secondary N) is 2. The minimum Gasteiger partial charge on any atom is -0.399 e. The summed E-state index contributed by atoms with van der Waals surface area (Å²) in [6.45, 7) is 5.70. The Morgan fingerprint density at radius 1 is 0.750 bits per heavy atom. The number of nitrogen functional groups attached to an aromatic ring is 2. The molecule has 2 aromatic rings. The molecule has 0 aromatic heterocycles. The highest BCUT2D eigenvalue weighted by Gasteiger charge is 1.98. The van der Waals surface area contributed by atoms with Gasteiger partial charge in [-0.3, -0.25) is 0 Å². The highest BCUT2D eigenvalue weighted by Crippen LogP contribution is 2.17. The maximum absolute atomic E-state index is 5.80. The van der Waals surface area contributed by atoms with E-state index < -0.39 is 0 Å². The van der Waals surface area contributed by atoms with Crippen LogP contribution in [0.3, 0.4) is 0 Å². The van der Waals surface area contributed by atoms with Gasteiger partial charge in [-0.05, 0) is 61.4 Å². The zero-order chi connectivity index (χ0) is 14.5. The largest absolute Gasteiger partial charge is 0.399 e. The molecule has 20 heavy (non-hydrogen) atoms. The van der Waals surface area contributed by atoms with Crippen molar-refractivity contribution in [2.24, 2.45) is 0 Å². The predicted molar refractivity (Wildman–Crippen MR) is 88.2 cm³/mol. The SMILES string of the molecule is Cc1cc(NCCNc2ccc(N)c(C)c2)ccc1N. The first-order chi connectivity index (χ1) is 9.56. The highest BCUT2D eigenvalue weighted by molar-refractivity contribution is 5.58. The lowest BCUT2D eigenvalue weighted by molar-refractivity contribution is 1.08. The first kappa shape index (κ1) is 14.1. The van der Waals surface area contributed by atoms with E-state index in [-0.39, 0.29) is 0 Å². The van der Waals surface area contributed by atoms with Gasteiger partial charge in [0.15, 0.2) is 0 Å². The van der Waals surface area contributed by atoms with Crippen LogP contribution in [0.2, 0.25) is 0 Å². The number of rotatable bonds is 5. The molecule has 106 valence electrons. The van der Waals surface area contributed by atoms with Gasteiger partial charge in [0.2, 0.25) is 0 Å². The van der Waals surface area contributed by atoms with Crippen LogP contribution in [0.4, 0.5) is 22.7 Å². The molecule has 0 aliphatic carbocycles. The Labute approximate surface area is 120 Å². The third kappa shape index (κ3) is 3.57. The Morgan fingerprint density at radius 2 is 1.15 bits per heavy atom. The first-order valence-electron chi connectivity index (χ1n) is 6.76.